The Morgan fingerprint density at radius 3 is 2.11 bits per heavy atom. The molecule has 0 aliphatic rings. The number of allylic oxidation sites excluding steroid dienone is 2. The quantitative estimate of drug-likeness (QED) is 0.437. The van der Waals surface area contributed by atoms with Crippen molar-refractivity contribution in [3.63, 3.8) is 0 Å². The van der Waals surface area contributed by atoms with E-state index in [1.807, 2.05) is 0 Å². The molecule has 0 aromatic carbocycles. The molecule has 0 aliphatic carbocycles. The molecule has 1 amide bonds. The Morgan fingerprint density at radius 2 is 2.00 bits per heavy atom. The van der Waals surface area contributed by atoms with Crippen molar-refractivity contribution in [2.75, 3.05) is 0 Å². The summed E-state index contributed by atoms with van der Waals surface area (Å²) in [5.41, 5.74) is 5.29. The zero-order valence-electron chi connectivity index (χ0n) is 5.13. The summed E-state index contributed by atoms with van der Waals surface area (Å²) in [6.45, 7) is 6.78. The first kappa shape index (κ1) is 7.69. The van der Waals surface area contributed by atoms with Crippen LogP contribution in [0.15, 0.2) is 37.0 Å². The molecule has 2 nitrogen and oxygen atoms in total. The van der Waals surface area contributed by atoms with E-state index in [1.165, 1.54) is 18.2 Å². The number of primary amides is 1. The fraction of sp³-hybridized carbons (Fsp3) is 0. The molecule has 0 aromatic heterocycles. The SMILES string of the molecule is C=CC=C(C=C)C(N)=O. The Labute approximate surface area is 54.4 Å². The Hall–Kier alpha value is -1.31. The highest BCUT2D eigenvalue weighted by Crippen LogP contribution is 1.92. The summed E-state index contributed by atoms with van der Waals surface area (Å²) in [6.07, 6.45) is 4.39. The smallest absolute Gasteiger partial charge is 0.248 e. The lowest BCUT2D eigenvalue weighted by Crippen LogP contribution is -2.11. The minimum Gasteiger partial charge on any atom is -0.366 e. The molecule has 0 aliphatic heterocycles. The van der Waals surface area contributed by atoms with Crippen LogP contribution in [0.5, 0.6) is 0 Å². The van der Waals surface area contributed by atoms with E-state index in [0.29, 0.717) is 5.57 Å². The standard InChI is InChI=1S/C7H9NO/c1-3-5-6(4-2)7(8)9/h3-5H,1-2H2,(H2,8,9). The molecule has 0 saturated heterocycles. The average Bonchev–Trinajstić information content (AvgIpc) is 1.82. The fourth-order valence-electron chi connectivity index (χ4n) is 0.378. The Bertz CT molecular complexity index is 168. The van der Waals surface area contributed by atoms with Crippen molar-refractivity contribution in [3.05, 3.63) is 37.0 Å². The van der Waals surface area contributed by atoms with Crippen LogP contribution in [0.4, 0.5) is 0 Å². The van der Waals surface area contributed by atoms with Gasteiger partial charge >= 0.3 is 0 Å². The zero-order chi connectivity index (χ0) is 7.28. The molecule has 0 rings (SSSR count). The van der Waals surface area contributed by atoms with Crippen LogP contribution in [-0.2, 0) is 4.79 Å². The van der Waals surface area contributed by atoms with Crippen molar-refractivity contribution in [2.24, 2.45) is 5.73 Å². The molecular formula is C7H9NO. The molecule has 0 spiro atoms. The molecule has 0 bridgehead atoms. The van der Waals surface area contributed by atoms with E-state index < -0.39 is 5.91 Å². The maximum absolute atomic E-state index is 10.4. The minimum absolute atomic E-state index is 0.380. The minimum atomic E-state index is -0.482. The van der Waals surface area contributed by atoms with Gasteiger partial charge in [-0.2, -0.15) is 0 Å². The largest absolute Gasteiger partial charge is 0.366 e. The van der Waals surface area contributed by atoms with Crippen LogP contribution in [-0.4, -0.2) is 5.91 Å². The zero-order valence-corrected chi connectivity index (χ0v) is 5.13. The molecule has 2 N–H and O–H groups in total. The first-order valence-electron chi connectivity index (χ1n) is 2.47. The van der Waals surface area contributed by atoms with Crippen molar-refractivity contribution in [1.29, 1.82) is 0 Å². The second-order valence-corrected chi connectivity index (χ2v) is 1.43. The van der Waals surface area contributed by atoms with Crippen molar-refractivity contribution in [1.82, 2.24) is 0 Å². The van der Waals surface area contributed by atoms with Gasteiger partial charge in [0.05, 0.1) is 0 Å². The first-order valence-corrected chi connectivity index (χ1v) is 2.47. The van der Waals surface area contributed by atoms with Crippen LogP contribution >= 0.6 is 0 Å². The van der Waals surface area contributed by atoms with Gasteiger partial charge in [0, 0.05) is 5.57 Å². The second kappa shape index (κ2) is 3.66. The van der Waals surface area contributed by atoms with Crippen LogP contribution in [0.2, 0.25) is 0 Å². The molecule has 0 atom stereocenters. The summed E-state index contributed by atoms with van der Waals surface area (Å²) in [5, 5.41) is 0. The molecule has 2 heteroatoms. The fourth-order valence-corrected chi connectivity index (χ4v) is 0.378. The summed E-state index contributed by atoms with van der Waals surface area (Å²) in [5.74, 6) is -0.482. The molecule has 0 heterocycles. The molecule has 0 aromatic rings. The number of carbonyl (C=O) groups is 1. The highest BCUT2D eigenvalue weighted by atomic mass is 16.1. The molecular weight excluding hydrogens is 114 g/mol. The van der Waals surface area contributed by atoms with Crippen LogP contribution in [0.3, 0.4) is 0 Å². The lowest BCUT2D eigenvalue weighted by atomic mass is 10.2. The van der Waals surface area contributed by atoms with Crippen LogP contribution in [0, 0.1) is 0 Å². The number of hydrogen-bond acceptors (Lipinski definition) is 1. The summed E-state index contributed by atoms with van der Waals surface area (Å²) in [7, 11) is 0. The van der Waals surface area contributed by atoms with Gasteiger partial charge < -0.3 is 5.73 Å². The van der Waals surface area contributed by atoms with Crippen molar-refractivity contribution in [3.8, 4) is 0 Å². The van der Waals surface area contributed by atoms with Gasteiger partial charge in [0.25, 0.3) is 0 Å². The molecule has 9 heavy (non-hydrogen) atoms. The van der Waals surface area contributed by atoms with Gasteiger partial charge in [-0.3, -0.25) is 4.79 Å². The highest BCUT2D eigenvalue weighted by molar-refractivity contribution is 5.94. The number of amides is 1. The number of hydrogen-bond donors (Lipinski definition) is 1. The molecule has 0 fully saturated rings. The van der Waals surface area contributed by atoms with E-state index in [4.69, 9.17) is 5.73 Å². The molecule has 0 saturated carbocycles. The first-order chi connectivity index (χ1) is 4.22. The summed E-state index contributed by atoms with van der Waals surface area (Å²) in [4.78, 5) is 10.4. The maximum Gasteiger partial charge on any atom is 0.248 e. The van der Waals surface area contributed by atoms with Crippen molar-refractivity contribution in [2.45, 2.75) is 0 Å². The Kier molecular flexibility index (Phi) is 3.13. The van der Waals surface area contributed by atoms with E-state index in [2.05, 4.69) is 13.2 Å². The van der Waals surface area contributed by atoms with Gasteiger partial charge in [-0.1, -0.05) is 31.4 Å². The summed E-state index contributed by atoms with van der Waals surface area (Å²) >= 11 is 0. The number of rotatable bonds is 3. The predicted molar refractivity (Wildman–Crippen MR) is 37.7 cm³/mol. The van der Waals surface area contributed by atoms with Gasteiger partial charge in [0.1, 0.15) is 0 Å². The molecule has 48 valence electrons. The van der Waals surface area contributed by atoms with Crippen molar-refractivity contribution >= 4 is 5.91 Å². The van der Waals surface area contributed by atoms with Crippen LogP contribution < -0.4 is 5.73 Å². The van der Waals surface area contributed by atoms with Gasteiger partial charge in [-0.15, -0.1) is 0 Å². The lowest BCUT2D eigenvalue weighted by molar-refractivity contribution is -0.114. The van der Waals surface area contributed by atoms with Gasteiger partial charge in [0.2, 0.25) is 5.91 Å². The monoisotopic (exact) mass is 123 g/mol. The van der Waals surface area contributed by atoms with Crippen LogP contribution in [0.25, 0.3) is 0 Å². The normalized spacial score (nSPS) is 10.4. The number of nitrogens with two attached hydrogens (primary N) is 1. The lowest BCUT2D eigenvalue weighted by Gasteiger charge is -1.88. The van der Waals surface area contributed by atoms with E-state index in [-0.39, 0.29) is 0 Å². The predicted octanol–water partition coefficient (Wildman–Crippen LogP) is 0.770. The Balaban J connectivity index is 4.32. The highest BCUT2D eigenvalue weighted by Gasteiger charge is 1.94. The molecule has 0 radical (unpaired) electrons. The van der Waals surface area contributed by atoms with Crippen molar-refractivity contribution < 1.29 is 4.79 Å². The number of carbonyl (C=O) groups excluding carboxylic acids is 1. The third-order valence-corrected chi connectivity index (χ3v) is 0.802. The Morgan fingerprint density at radius 1 is 1.44 bits per heavy atom. The van der Waals surface area contributed by atoms with Gasteiger partial charge in [-0.25, -0.2) is 0 Å². The topological polar surface area (TPSA) is 43.1 Å². The summed E-state index contributed by atoms with van der Waals surface area (Å²) in [6, 6.07) is 0. The van der Waals surface area contributed by atoms with Gasteiger partial charge in [0.15, 0.2) is 0 Å². The molecule has 0 unspecified atom stereocenters. The van der Waals surface area contributed by atoms with Crippen LogP contribution in [0.1, 0.15) is 0 Å². The third kappa shape index (κ3) is 2.49. The third-order valence-electron chi connectivity index (χ3n) is 0.802. The van der Waals surface area contributed by atoms with Gasteiger partial charge in [-0.05, 0) is 0 Å². The second-order valence-electron chi connectivity index (χ2n) is 1.43. The van der Waals surface area contributed by atoms with E-state index in [1.54, 1.807) is 0 Å². The average molecular weight is 123 g/mol. The summed E-state index contributed by atoms with van der Waals surface area (Å²) < 4.78 is 0. The maximum atomic E-state index is 10.4. The van der Waals surface area contributed by atoms with E-state index >= 15 is 0 Å². The van der Waals surface area contributed by atoms with E-state index in [0.717, 1.165) is 0 Å². The van der Waals surface area contributed by atoms with E-state index in [9.17, 15) is 4.79 Å².